The highest BCUT2D eigenvalue weighted by Gasteiger charge is 2.16. The van der Waals surface area contributed by atoms with Crippen LogP contribution < -0.4 is 5.73 Å². The maximum atomic E-state index is 5.61. The summed E-state index contributed by atoms with van der Waals surface area (Å²) < 4.78 is 5.61. The van der Waals surface area contributed by atoms with Gasteiger partial charge in [-0.25, -0.2) is 0 Å². The van der Waals surface area contributed by atoms with Gasteiger partial charge in [-0.1, -0.05) is 6.92 Å². The molecule has 0 aliphatic carbocycles. The third kappa shape index (κ3) is 4.12. The number of likely N-dealkylation sites (N-methyl/N-ethyl adjacent to an activating group) is 2. The zero-order chi connectivity index (χ0) is 13.7. The van der Waals surface area contributed by atoms with Crippen molar-refractivity contribution in [3.63, 3.8) is 0 Å². The van der Waals surface area contributed by atoms with Crippen molar-refractivity contribution in [3.8, 4) is 0 Å². The van der Waals surface area contributed by atoms with E-state index in [9.17, 15) is 0 Å². The molecule has 0 aliphatic heterocycles. The Hall–Kier alpha value is -0.840. The van der Waals surface area contributed by atoms with Crippen LogP contribution in [0.15, 0.2) is 10.5 Å². The molecule has 1 rings (SSSR count). The summed E-state index contributed by atoms with van der Waals surface area (Å²) in [4.78, 5) is 4.68. The Labute approximate surface area is 111 Å². The van der Waals surface area contributed by atoms with Gasteiger partial charge in [0, 0.05) is 24.7 Å². The van der Waals surface area contributed by atoms with Crippen molar-refractivity contribution in [1.82, 2.24) is 9.80 Å². The van der Waals surface area contributed by atoms with Crippen LogP contribution in [0.1, 0.15) is 30.9 Å². The molecule has 0 amide bonds. The Balaban J connectivity index is 2.69. The van der Waals surface area contributed by atoms with Crippen molar-refractivity contribution in [3.05, 3.63) is 23.2 Å². The largest absolute Gasteiger partial charge is 0.465 e. The highest BCUT2D eigenvalue weighted by atomic mass is 16.3. The van der Waals surface area contributed by atoms with Gasteiger partial charge in [0.1, 0.15) is 11.5 Å². The number of rotatable bonds is 7. The Morgan fingerprint density at radius 1 is 1.39 bits per heavy atom. The van der Waals surface area contributed by atoms with E-state index in [-0.39, 0.29) is 0 Å². The molecule has 0 radical (unpaired) electrons. The molecule has 1 aromatic rings. The Morgan fingerprint density at radius 3 is 2.50 bits per heavy atom. The topological polar surface area (TPSA) is 45.6 Å². The molecule has 0 aliphatic rings. The normalized spacial score (nSPS) is 13.6. The van der Waals surface area contributed by atoms with E-state index in [0.29, 0.717) is 12.6 Å². The summed E-state index contributed by atoms with van der Waals surface area (Å²) in [7, 11) is 4.22. The van der Waals surface area contributed by atoms with E-state index in [0.717, 1.165) is 31.2 Å². The van der Waals surface area contributed by atoms with Gasteiger partial charge in [0.2, 0.25) is 0 Å². The molecule has 0 saturated heterocycles. The van der Waals surface area contributed by atoms with Crippen LogP contribution >= 0.6 is 0 Å². The predicted molar refractivity (Wildman–Crippen MR) is 75.4 cm³/mol. The van der Waals surface area contributed by atoms with E-state index in [1.165, 1.54) is 5.56 Å². The highest BCUT2D eigenvalue weighted by molar-refractivity contribution is 5.20. The molecule has 1 aromatic heterocycles. The van der Waals surface area contributed by atoms with Gasteiger partial charge in [-0.2, -0.15) is 0 Å². The minimum atomic E-state index is 0.472. The quantitative estimate of drug-likeness (QED) is 0.805. The molecule has 104 valence electrons. The second kappa shape index (κ2) is 6.92. The first-order chi connectivity index (χ1) is 8.47. The van der Waals surface area contributed by atoms with Crippen molar-refractivity contribution in [1.29, 1.82) is 0 Å². The fourth-order valence-electron chi connectivity index (χ4n) is 2.29. The molecule has 0 saturated carbocycles. The fourth-order valence-corrected chi connectivity index (χ4v) is 2.29. The Kier molecular flexibility index (Phi) is 5.85. The lowest BCUT2D eigenvalue weighted by molar-refractivity contribution is 0.173. The second-order valence-electron chi connectivity index (χ2n) is 5.17. The van der Waals surface area contributed by atoms with Crippen molar-refractivity contribution in [2.75, 3.05) is 27.2 Å². The molecule has 0 fully saturated rings. The van der Waals surface area contributed by atoms with Crippen molar-refractivity contribution >= 4 is 0 Å². The molecule has 0 spiro atoms. The van der Waals surface area contributed by atoms with Crippen LogP contribution in [-0.2, 0) is 13.1 Å². The first kappa shape index (κ1) is 15.2. The lowest BCUT2D eigenvalue weighted by atomic mass is 10.2. The molecule has 0 bridgehead atoms. The van der Waals surface area contributed by atoms with E-state index in [2.05, 4.69) is 43.8 Å². The average Bonchev–Trinajstić information content (AvgIpc) is 2.65. The van der Waals surface area contributed by atoms with Crippen molar-refractivity contribution in [2.24, 2.45) is 5.73 Å². The van der Waals surface area contributed by atoms with Gasteiger partial charge in [-0.3, -0.25) is 4.90 Å². The van der Waals surface area contributed by atoms with Gasteiger partial charge < -0.3 is 15.1 Å². The van der Waals surface area contributed by atoms with E-state index in [1.54, 1.807) is 0 Å². The predicted octanol–water partition coefficient (Wildman–Crippen LogP) is 1.82. The van der Waals surface area contributed by atoms with Gasteiger partial charge in [-0.15, -0.1) is 0 Å². The van der Waals surface area contributed by atoms with Crippen LogP contribution in [0.5, 0.6) is 0 Å². The molecular weight excluding hydrogens is 226 g/mol. The summed E-state index contributed by atoms with van der Waals surface area (Å²) in [5.41, 5.74) is 6.86. The summed E-state index contributed by atoms with van der Waals surface area (Å²) in [6, 6.07) is 2.61. The molecule has 2 N–H and O–H groups in total. The number of hydrogen-bond donors (Lipinski definition) is 1. The molecule has 1 atom stereocenters. The number of furan rings is 1. The lowest BCUT2D eigenvalue weighted by Gasteiger charge is -2.29. The fraction of sp³-hybridized carbons (Fsp3) is 0.714. The molecule has 4 heteroatoms. The van der Waals surface area contributed by atoms with E-state index in [4.69, 9.17) is 10.2 Å². The molecular formula is C14H27N3O. The maximum Gasteiger partial charge on any atom is 0.118 e. The Morgan fingerprint density at radius 2 is 2.06 bits per heavy atom. The molecule has 18 heavy (non-hydrogen) atoms. The lowest BCUT2D eigenvalue weighted by Crippen LogP contribution is -2.39. The SMILES string of the molecule is CCN(Cc1cc(CN)oc1C)C(C)CN(C)C. The maximum absolute atomic E-state index is 5.61. The first-order valence-electron chi connectivity index (χ1n) is 6.64. The van der Waals surface area contributed by atoms with Gasteiger partial charge in [0.15, 0.2) is 0 Å². The highest BCUT2D eigenvalue weighted by Crippen LogP contribution is 2.17. The van der Waals surface area contributed by atoms with Gasteiger partial charge in [0.05, 0.1) is 6.54 Å². The van der Waals surface area contributed by atoms with Crippen LogP contribution in [0.3, 0.4) is 0 Å². The zero-order valence-electron chi connectivity index (χ0n) is 12.4. The Bertz CT molecular complexity index is 360. The smallest absolute Gasteiger partial charge is 0.118 e. The summed E-state index contributed by atoms with van der Waals surface area (Å²) in [6.45, 7) is 9.99. The summed E-state index contributed by atoms with van der Waals surface area (Å²) >= 11 is 0. The summed E-state index contributed by atoms with van der Waals surface area (Å²) in [5.74, 6) is 1.87. The van der Waals surface area contributed by atoms with Crippen LogP contribution in [0, 0.1) is 6.92 Å². The summed E-state index contributed by atoms with van der Waals surface area (Å²) in [5, 5.41) is 0. The number of nitrogens with zero attached hydrogens (tertiary/aromatic N) is 2. The number of aryl methyl sites for hydroxylation is 1. The average molecular weight is 253 g/mol. The van der Waals surface area contributed by atoms with Crippen LogP contribution in [-0.4, -0.2) is 43.0 Å². The van der Waals surface area contributed by atoms with Gasteiger partial charge >= 0.3 is 0 Å². The molecule has 0 aromatic carbocycles. The molecule has 1 heterocycles. The standard InChI is InChI=1S/C14H27N3O/c1-6-17(11(2)9-16(4)5)10-13-7-14(8-15)18-12(13)3/h7,11H,6,8-10,15H2,1-5H3. The van der Waals surface area contributed by atoms with Crippen molar-refractivity contribution in [2.45, 2.75) is 39.9 Å². The monoisotopic (exact) mass is 253 g/mol. The van der Waals surface area contributed by atoms with E-state index < -0.39 is 0 Å². The van der Waals surface area contributed by atoms with Crippen LogP contribution in [0.4, 0.5) is 0 Å². The van der Waals surface area contributed by atoms with E-state index in [1.807, 2.05) is 6.92 Å². The number of hydrogen-bond acceptors (Lipinski definition) is 4. The first-order valence-corrected chi connectivity index (χ1v) is 6.64. The van der Waals surface area contributed by atoms with Gasteiger partial charge in [-0.05, 0) is 40.6 Å². The van der Waals surface area contributed by atoms with E-state index >= 15 is 0 Å². The minimum absolute atomic E-state index is 0.472. The molecule has 4 nitrogen and oxygen atoms in total. The van der Waals surface area contributed by atoms with Crippen LogP contribution in [0.25, 0.3) is 0 Å². The second-order valence-corrected chi connectivity index (χ2v) is 5.17. The molecule has 1 unspecified atom stereocenters. The van der Waals surface area contributed by atoms with Gasteiger partial charge in [0.25, 0.3) is 0 Å². The summed E-state index contributed by atoms with van der Waals surface area (Å²) in [6.07, 6.45) is 0. The third-order valence-electron chi connectivity index (χ3n) is 3.31. The van der Waals surface area contributed by atoms with Crippen molar-refractivity contribution < 1.29 is 4.42 Å². The minimum Gasteiger partial charge on any atom is -0.465 e. The third-order valence-corrected chi connectivity index (χ3v) is 3.31. The number of nitrogens with two attached hydrogens (primary N) is 1. The van der Waals surface area contributed by atoms with Crippen LogP contribution in [0.2, 0.25) is 0 Å². The zero-order valence-corrected chi connectivity index (χ0v) is 12.4.